The zero-order valence-electron chi connectivity index (χ0n) is 15.0. The van der Waals surface area contributed by atoms with Crippen LogP contribution in [-0.2, 0) is 0 Å². The van der Waals surface area contributed by atoms with E-state index in [-0.39, 0.29) is 16.1 Å². The first kappa shape index (κ1) is 19.9. The van der Waals surface area contributed by atoms with Crippen molar-refractivity contribution in [3.63, 3.8) is 0 Å². The minimum Gasteiger partial charge on any atom is -0.494 e. The number of ether oxygens (including phenoxy) is 1. The molecule has 0 aliphatic carbocycles. The maximum absolute atomic E-state index is 14.4. The molecule has 0 radical (unpaired) electrons. The van der Waals surface area contributed by atoms with Crippen molar-refractivity contribution in [3.8, 4) is 28.7 Å². The van der Waals surface area contributed by atoms with Crippen LogP contribution in [0, 0.1) is 29.3 Å². The molecule has 0 fully saturated rings. The molecule has 5 heteroatoms. The van der Waals surface area contributed by atoms with Gasteiger partial charge in [0.15, 0.2) is 0 Å². The molecule has 0 unspecified atom stereocenters. The van der Waals surface area contributed by atoms with E-state index >= 15 is 0 Å². The minimum absolute atomic E-state index is 0.0432. The number of hydrogen-bond acceptors (Lipinski definition) is 1. The molecule has 0 saturated heterocycles. The Morgan fingerprint density at radius 1 is 0.821 bits per heavy atom. The van der Waals surface area contributed by atoms with E-state index in [1.54, 1.807) is 24.3 Å². The summed E-state index contributed by atoms with van der Waals surface area (Å²) in [6.07, 6.45) is 0.892. The van der Waals surface area contributed by atoms with E-state index in [1.807, 2.05) is 6.92 Å². The summed E-state index contributed by atoms with van der Waals surface area (Å²) in [6, 6.07) is 13.3. The van der Waals surface area contributed by atoms with Gasteiger partial charge in [0.2, 0.25) is 0 Å². The Labute approximate surface area is 166 Å². The smallest absolute Gasteiger partial charge is 0.143 e. The van der Waals surface area contributed by atoms with E-state index in [0.717, 1.165) is 12.5 Å². The largest absolute Gasteiger partial charge is 0.494 e. The fourth-order valence-electron chi connectivity index (χ4n) is 2.53. The zero-order chi connectivity index (χ0) is 20.1. The molecule has 0 amide bonds. The Kier molecular flexibility index (Phi) is 6.28. The average Bonchev–Trinajstić information content (AvgIpc) is 2.68. The fourth-order valence-corrected chi connectivity index (χ4v) is 2.65. The Hall–Kier alpha value is -2.90. The van der Waals surface area contributed by atoms with Crippen LogP contribution >= 0.6 is 11.6 Å². The van der Waals surface area contributed by atoms with E-state index < -0.39 is 17.5 Å². The predicted molar refractivity (Wildman–Crippen MR) is 105 cm³/mol. The lowest BCUT2D eigenvalue weighted by molar-refractivity contribution is 0.317. The van der Waals surface area contributed by atoms with Crippen LogP contribution < -0.4 is 4.74 Å². The number of halogens is 4. The van der Waals surface area contributed by atoms with E-state index in [9.17, 15) is 13.2 Å². The molecule has 28 heavy (non-hydrogen) atoms. The molecule has 3 rings (SSSR count). The molecule has 0 aliphatic rings. The Bertz CT molecular complexity index is 1030. The van der Waals surface area contributed by atoms with Crippen molar-refractivity contribution in [1.29, 1.82) is 0 Å². The molecule has 0 heterocycles. The highest BCUT2D eigenvalue weighted by Gasteiger charge is 2.11. The van der Waals surface area contributed by atoms with Gasteiger partial charge in [-0.1, -0.05) is 42.5 Å². The average molecular weight is 401 g/mol. The van der Waals surface area contributed by atoms with Gasteiger partial charge >= 0.3 is 0 Å². The third kappa shape index (κ3) is 4.68. The molecule has 0 N–H and O–H groups in total. The summed E-state index contributed by atoms with van der Waals surface area (Å²) >= 11 is 5.61. The molecule has 0 atom stereocenters. The summed E-state index contributed by atoms with van der Waals surface area (Å²) in [7, 11) is 0. The second kappa shape index (κ2) is 8.86. The highest BCUT2D eigenvalue weighted by Crippen LogP contribution is 2.26. The van der Waals surface area contributed by atoms with Gasteiger partial charge in [-0.3, -0.25) is 0 Å². The molecule has 0 spiro atoms. The van der Waals surface area contributed by atoms with Gasteiger partial charge in [0.25, 0.3) is 0 Å². The van der Waals surface area contributed by atoms with Crippen molar-refractivity contribution in [2.24, 2.45) is 0 Å². The van der Waals surface area contributed by atoms with Gasteiger partial charge in [-0.25, -0.2) is 13.2 Å². The Morgan fingerprint density at radius 2 is 1.50 bits per heavy atom. The summed E-state index contributed by atoms with van der Waals surface area (Å²) in [5, 5.41) is -0.0432. The van der Waals surface area contributed by atoms with Gasteiger partial charge in [0.1, 0.15) is 23.2 Å². The maximum atomic E-state index is 14.4. The molecular weight excluding hydrogens is 385 g/mol. The number of rotatable bonds is 4. The Balaban J connectivity index is 1.87. The molecular formula is C23H16ClF3O. The second-order valence-electron chi connectivity index (χ2n) is 6.07. The molecule has 0 aromatic heterocycles. The van der Waals surface area contributed by atoms with Crippen molar-refractivity contribution in [2.75, 3.05) is 6.61 Å². The van der Waals surface area contributed by atoms with Crippen LogP contribution in [0.15, 0.2) is 54.6 Å². The molecule has 142 valence electrons. The van der Waals surface area contributed by atoms with Crippen molar-refractivity contribution in [3.05, 3.63) is 88.2 Å². The summed E-state index contributed by atoms with van der Waals surface area (Å²) in [5.74, 6) is 3.46. The lowest BCUT2D eigenvalue weighted by Gasteiger charge is -2.07. The van der Waals surface area contributed by atoms with Gasteiger partial charge in [0.05, 0.1) is 17.2 Å². The van der Waals surface area contributed by atoms with E-state index in [0.29, 0.717) is 23.5 Å². The van der Waals surface area contributed by atoms with Gasteiger partial charge in [0, 0.05) is 5.56 Å². The lowest BCUT2D eigenvalue weighted by Crippen LogP contribution is -1.95. The lowest BCUT2D eigenvalue weighted by atomic mass is 10.0. The van der Waals surface area contributed by atoms with E-state index in [1.165, 1.54) is 24.3 Å². The van der Waals surface area contributed by atoms with Crippen LogP contribution in [0.2, 0.25) is 5.02 Å². The van der Waals surface area contributed by atoms with Crippen molar-refractivity contribution >= 4 is 11.6 Å². The SMILES string of the molecule is CCCOc1ccc(-c2cc(F)c(C#Cc3ccc(Cl)c(F)c3)c(F)c2)cc1. The summed E-state index contributed by atoms with van der Waals surface area (Å²) in [4.78, 5) is 0. The van der Waals surface area contributed by atoms with E-state index in [2.05, 4.69) is 11.8 Å². The van der Waals surface area contributed by atoms with Crippen LogP contribution in [0.5, 0.6) is 5.75 Å². The quantitative estimate of drug-likeness (QED) is 0.447. The molecule has 3 aromatic rings. The highest BCUT2D eigenvalue weighted by molar-refractivity contribution is 6.30. The molecule has 0 aliphatic heterocycles. The van der Waals surface area contributed by atoms with Crippen LogP contribution in [0.3, 0.4) is 0 Å². The van der Waals surface area contributed by atoms with Crippen LogP contribution in [0.1, 0.15) is 24.5 Å². The van der Waals surface area contributed by atoms with Crippen molar-refractivity contribution in [2.45, 2.75) is 13.3 Å². The van der Waals surface area contributed by atoms with Crippen molar-refractivity contribution in [1.82, 2.24) is 0 Å². The maximum Gasteiger partial charge on any atom is 0.143 e. The molecule has 0 bridgehead atoms. The van der Waals surface area contributed by atoms with E-state index in [4.69, 9.17) is 16.3 Å². The molecule has 0 saturated carbocycles. The summed E-state index contributed by atoms with van der Waals surface area (Å²) in [6.45, 7) is 2.61. The number of hydrogen-bond donors (Lipinski definition) is 0. The topological polar surface area (TPSA) is 9.23 Å². The first-order valence-corrected chi connectivity index (χ1v) is 9.05. The predicted octanol–water partition coefficient (Wildman–Crippen LogP) is 6.61. The first-order chi connectivity index (χ1) is 13.5. The summed E-state index contributed by atoms with van der Waals surface area (Å²) < 4.78 is 47.8. The van der Waals surface area contributed by atoms with Crippen molar-refractivity contribution < 1.29 is 17.9 Å². The highest BCUT2D eigenvalue weighted by atomic mass is 35.5. The van der Waals surface area contributed by atoms with Gasteiger partial charge < -0.3 is 4.74 Å². The third-order valence-corrected chi connectivity index (χ3v) is 4.26. The molecule has 3 aromatic carbocycles. The monoisotopic (exact) mass is 400 g/mol. The minimum atomic E-state index is -0.789. The van der Waals surface area contributed by atoms with Gasteiger partial charge in [-0.05, 0) is 60.0 Å². The fraction of sp³-hybridized carbons (Fsp3) is 0.130. The first-order valence-electron chi connectivity index (χ1n) is 8.67. The van der Waals surface area contributed by atoms with Gasteiger partial charge in [-0.2, -0.15) is 0 Å². The van der Waals surface area contributed by atoms with Gasteiger partial charge in [-0.15, -0.1) is 0 Å². The second-order valence-corrected chi connectivity index (χ2v) is 6.47. The third-order valence-electron chi connectivity index (χ3n) is 3.95. The Morgan fingerprint density at radius 3 is 2.11 bits per heavy atom. The standard InChI is InChI=1S/C23H16ClF3O/c1-2-11-28-18-7-5-16(6-8-18)17-13-21(25)19(22(26)14-17)9-3-15-4-10-20(24)23(27)12-15/h4-8,10,12-14H,2,11H2,1H3. The normalized spacial score (nSPS) is 10.3. The van der Waals surface area contributed by atoms with Crippen LogP contribution in [0.4, 0.5) is 13.2 Å². The van der Waals surface area contributed by atoms with Crippen LogP contribution in [0.25, 0.3) is 11.1 Å². The summed E-state index contributed by atoms with van der Waals surface area (Å²) in [5.41, 5.74) is 0.940. The zero-order valence-corrected chi connectivity index (χ0v) is 15.8. The van der Waals surface area contributed by atoms with Crippen LogP contribution in [-0.4, -0.2) is 6.61 Å². The molecule has 1 nitrogen and oxygen atoms in total. The number of benzene rings is 3.